The number of halogens is 1. The number of carbonyl (C=O) groups excluding carboxylic acids is 1. The van der Waals surface area contributed by atoms with Gasteiger partial charge in [-0.25, -0.2) is 0 Å². The summed E-state index contributed by atoms with van der Waals surface area (Å²) in [5.41, 5.74) is 5.66. The van der Waals surface area contributed by atoms with Crippen molar-refractivity contribution < 1.29 is 9.72 Å². The van der Waals surface area contributed by atoms with Crippen LogP contribution in [0.1, 0.15) is 17.3 Å². The molecular weight excluding hydrogens is 299 g/mol. The minimum absolute atomic E-state index is 0.0913. The largest absolute Gasteiger partial charge is 0.398 e. The van der Waals surface area contributed by atoms with Crippen LogP contribution in [0.5, 0.6) is 0 Å². The molecule has 6 heteroatoms. The zero-order chi connectivity index (χ0) is 10.9. The van der Waals surface area contributed by atoms with Gasteiger partial charge in [-0.1, -0.05) is 0 Å². The lowest BCUT2D eigenvalue weighted by Crippen LogP contribution is -2.03. The van der Waals surface area contributed by atoms with Gasteiger partial charge in [0.2, 0.25) is 0 Å². The highest BCUT2D eigenvalue weighted by atomic mass is 127. The first-order valence-corrected chi connectivity index (χ1v) is 4.75. The van der Waals surface area contributed by atoms with Crippen molar-refractivity contribution in [1.82, 2.24) is 0 Å². The van der Waals surface area contributed by atoms with Crippen molar-refractivity contribution in [3.8, 4) is 0 Å². The van der Waals surface area contributed by atoms with E-state index in [1.165, 1.54) is 19.1 Å². The molecule has 0 radical (unpaired) electrons. The maximum absolute atomic E-state index is 11.1. The fraction of sp³-hybridized carbons (Fsp3) is 0.125. The van der Waals surface area contributed by atoms with Gasteiger partial charge in [-0.2, -0.15) is 0 Å². The number of Topliss-reactive ketones (excluding diaryl/α,β-unsaturated/α-hetero) is 1. The lowest BCUT2D eigenvalue weighted by molar-refractivity contribution is -0.385. The Hall–Kier alpha value is -1.18. The number of nitro benzene ring substituents is 1. The number of hydrogen-bond acceptors (Lipinski definition) is 4. The van der Waals surface area contributed by atoms with Gasteiger partial charge >= 0.3 is 0 Å². The van der Waals surface area contributed by atoms with Gasteiger partial charge in [-0.3, -0.25) is 14.9 Å². The van der Waals surface area contributed by atoms with Crippen LogP contribution < -0.4 is 5.73 Å². The first-order valence-electron chi connectivity index (χ1n) is 3.68. The molecule has 2 N–H and O–H groups in total. The summed E-state index contributed by atoms with van der Waals surface area (Å²) in [6, 6.07) is 2.63. The van der Waals surface area contributed by atoms with Crippen molar-refractivity contribution in [1.29, 1.82) is 0 Å². The second-order valence-electron chi connectivity index (χ2n) is 2.70. The Bertz CT molecular complexity index is 378. The first-order chi connectivity index (χ1) is 6.43. The van der Waals surface area contributed by atoms with E-state index in [9.17, 15) is 14.9 Å². The number of ketones is 1. The Kier molecular flexibility index (Phi) is 3.04. The molecule has 0 heterocycles. The first kappa shape index (κ1) is 10.9. The normalized spacial score (nSPS) is 9.86. The molecule has 0 aromatic heterocycles. The number of nitrogen functional groups attached to an aromatic ring is 1. The third-order valence-corrected chi connectivity index (χ3v) is 2.63. The lowest BCUT2D eigenvalue weighted by atomic mass is 10.1. The van der Waals surface area contributed by atoms with E-state index in [4.69, 9.17) is 5.73 Å². The van der Waals surface area contributed by atoms with Crippen LogP contribution in [0.25, 0.3) is 0 Å². The molecule has 0 atom stereocenters. The molecule has 0 amide bonds. The average Bonchev–Trinajstić information content (AvgIpc) is 2.08. The molecule has 74 valence electrons. The third-order valence-electron chi connectivity index (χ3n) is 1.69. The molecule has 0 aliphatic rings. The van der Waals surface area contributed by atoms with E-state index in [-0.39, 0.29) is 17.0 Å². The summed E-state index contributed by atoms with van der Waals surface area (Å²) in [6.45, 7) is 1.29. The van der Waals surface area contributed by atoms with E-state index in [0.717, 1.165) is 0 Å². The van der Waals surface area contributed by atoms with E-state index in [1.807, 2.05) is 22.6 Å². The molecule has 0 unspecified atom stereocenters. The van der Waals surface area contributed by atoms with Gasteiger partial charge < -0.3 is 5.73 Å². The van der Waals surface area contributed by atoms with Gasteiger partial charge in [0, 0.05) is 9.64 Å². The Morgan fingerprint density at radius 1 is 1.57 bits per heavy atom. The van der Waals surface area contributed by atoms with Gasteiger partial charge in [0.15, 0.2) is 5.78 Å². The molecule has 1 rings (SSSR count). The predicted octanol–water partition coefficient (Wildman–Crippen LogP) is 1.98. The van der Waals surface area contributed by atoms with Gasteiger partial charge in [-0.15, -0.1) is 0 Å². The van der Waals surface area contributed by atoms with Gasteiger partial charge in [0.1, 0.15) is 0 Å². The summed E-state index contributed by atoms with van der Waals surface area (Å²) in [5, 5.41) is 10.6. The molecule has 0 aliphatic heterocycles. The van der Waals surface area contributed by atoms with Crippen LogP contribution in [0.15, 0.2) is 12.1 Å². The highest BCUT2D eigenvalue weighted by Gasteiger charge is 2.19. The van der Waals surface area contributed by atoms with Crippen molar-refractivity contribution >= 4 is 39.7 Å². The summed E-state index contributed by atoms with van der Waals surface area (Å²) in [7, 11) is 0. The fourth-order valence-electron chi connectivity index (χ4n) is 1.01. The molecule has 0 bridgehead atoms. The number of nitro groups is 1. The van der Waals surface area contributed by atoms with E-state index < -0.39 is 4.92 Å². The van der Waals surface area contributed by atoms with E-state index in [0.29, 0.717) is 9.26 Å². The number of hydrogen-bond donors (Lipinski definition) is 1. The van der Waals surface area contributed by atoms with Crippen molar-refractivity contribution in [2.24, 2.45) is 0 Å². The number of carbonyl (C=O) groups is 1. The highest BCUT2D eigenvalue weighted by Crippen LogP contribution is 2.26. The van der Waals surface area contributed by atoms with Crippen molar-refractivity contribution in [2.75, 3.05) is 5.73 Å². The summed E-state index contributed by atoms with van der Waals surface area (Å²) >= 11 is 1.92. The molecule has 0 spiro atoms. The lowest BCUT2D eigenvalue weighted by Gasteiger charge is -2.02. The summed E-state index contributed by atoms with van der Waals surface area (Å²) in [5.74, 6) is -0.338. The summed E-state index contributed by atoms with van der Waals surface area (Å²) in [6.07, 6.45) is 0. The fourth-order valence-corrected chi connectivity index (χ4v) is 1.48. The van der Waals surface area contributed by atoms with E-state index in [2.05, 4.69) is 0 Å². The molecule has 0 saturated heterocycles. The Balaban J connectivity index is 3.46. The van der Waals surface area contributed by atoms with Crippen LogP contribution in [0, 0.1) is 13.7 Å². The molecule has 1 aromatic carbocycles. The molecule has 0 aliphatic carbocycles. The minimum atomic E-state index is -0.608. The highest BCUT2D eigenvalue weighted by molar-refractivity contribution is 14.1. The SMILES string of the molecule is CC(=O)c1cc(I)c(N)cc1[N+](=O)[O-]. The minimum Gasteiger partial charge on any atom is -0.398 e. The quantitative estimate of drug-likeness (QED) is 0.298. The van der Waals surface area contributed by atoms with Crippen molar-refractivity contribution in [3.63, 3.8) is 0 Å². The van der Waals surface area contributed by atoms with E-state index >= 15 is 0 Å². The van der Waals surface area contributed by atoms with Crippen molar-refractivity contribution in [2.45, 2.75) is 6.92 Å². The van der Waals surface area contributed by atoms with Gasteiger partial charge in [0.25, 0.3) is 5.69 Å². The van der Waals surface area contributed by atoms with Gasteiger partial charge in [-0.05, 0) is 35.6 Å². The maximum Gasteiger partial charge on any atom is 0.282 e. The second kappa shape index (κ2) is 3.91. The summed E-state index contributed by atoms with van der Waals surface area (Å²) < 4.78 is 0.637. The zero-order valence-electron chi connectivity index (χ0n) is 7.28. The maximum atomic E-state index is 11.1. The van der Waals surface area contributed by atoms with Crippen LogP contribution in [0.4, 0.5) is 11.4 Å². The van der Waals surface area contributed by atoms with Crippen LogP contribution in [0.2, 0.25) is 0 Å². The van der Waals surface area contributed by atoms with Crippen LogP contribution in [0.3, 0.4) is 0 Å². The predicted molar refractivity (Wildman–Crippen MR) is 60.2 cm³/mol. The Morgan fingerprint density at radius 2 is 2.14 bits per heavy atom. The summed E-state index contributed by atoms with van der Waals surface area (Å²) in [4.78, 5) is 21.1. The second-order valence-corrected chi connectivity index (χ2v) is 3.87. The molecule has 14 heavy (non-hydrogen) atoms. The molecule has 0 saturated carbocycles. The van der Waals surface area contributed by atoms with Crippen LogP contribution in [-0.2, 0) is 0 Å². The smallest absolute Gasteiger partial charge is 0.282 e. The number of benzene rings is 1. The van der Waals surface area contributed by atoms with Crippen LogP contribution in [-0.4, -0.2) is 10.7 Å². The topological polar surface area (TPSA) is 86.2 Å². The number of anilines is 1. The van der Waals surface area contributed by atoms with E-state index in [1.54, 1.807) is 0 Å². The molecule has 0 fully saturated rings. The average molecular weight is 306 g/mol. The van der Waals surface area contributed by atoms with Crippen LogP contribution >= 0.6 is 22.6 Å². The van der Waals surface area contributed by atoms with Gasteiger partial charge in [0.05, 0.1) is 16.2 Å². The molecule has 1 aromatic rings. The Labute approximate surface area is 93.6 Å². The molecule has 5 nitrogen and oxygen atoms in total. The zero-order valence-corrected chi connectivity index (χ0v) is 9.44. The standard InChI is InChI=1S/C8H7IN2O3/c1-4(12)5-2-6(9)7(10)3-8(5)11(13)14/h2-3H,10H2,1H3. The number of nitrogens with zero attached hydrogens (tertiary/aromatic N) is 1. The number of rotatable bonds is 2. The third kappa shape index (κ3) is 2.00. The molecular formula is C8H7IN2O3. The Morgan fingerprint density at radius 3 is 2.57 bits per heavy atom. The van der Waals surface area contributed by atoms with Crippen molar-refractivity contribution in [3.05, 3.63) is 31.4 Å². The monoisotopic (exact) mass is 306 g/mol. The number of nitrogens with two attached hydrogens (primary N) is 1.